The van der Waals surface area contributed by atoms with Gasteiger partial charge < -0.3 is 5.32 Å². The molecule has 0 saturated heterocycles. The van der Waals surface area contributed by atoms with Crippen LogP contribution in [0.2, 0.25) is 0 Å². The Morgan fingerprint density at radius 2 is 2.18 bits per heavy atom. The molecular formula is C14H27N3. The predicted octanol–water partition coefficient (Wildman–Crippen LogP) is 2.62. The number of aromatic nitrogens is 2. The van der Waals surface area contributed by atoms with Gasteiger partial charge in [-0.1, -0.05) is 20.8 Å². The van der Waals surface area contributed by atoms with Crippen molar-refractivity contribution in [1.29, 1.82) is 0 Å². The van der Waals surface area contributed by atoms with E-state index in [2.05, 4.69) is 37.3 Å². The molecule has 1 heterocycles. The monoisotopic (exact) mass is 237 g/mol. The van der Waals surface area contributed by atoms with Crippen molar-refractivity contribution in [3.8, 4) is 0 Å². The first kappa shape index (κ1) is 14.2. The van der Waals surface area contributed by atoms with Gasteiger partial charge in [0.25, 0.3) is 0 Å². The summed E-state index contributed by atoms with van der Waals surface area (Å²) in [7, 11) is 1.98. The number of hydrogen-bond acceptors (Lipinski definition) is 2. The van der Waals surface area contributed by atoms with Crippen molar-refractivity contribution in [1.82, 2.24) is 15.1 Å². The van der Waals surface area contributed by atoms with Crippen LogP contribution in [-0.4, -0.2) is 22.9 Å². The maximum absolute atomic E-state index is 4.47. The first-order valence-corrected chi connectivity index (χ1v) is 6.81. The number of nitrogens with one attached hydrogen (secondary N) is 1. The van der Waals surface area contributed by atoms with E-state index < -0.39 is 0 Å². The zero-order valence-electron chi connectivity index (χ0n) is 11.7. The van der Waals surface area contributed by atoms with E-state index in [1.165, 1.54) is 18.5 Å². The van der Waals surface area contributed by atoms with Crippen LogP contribution in [0.3, 0.4) is 0 Å². The van der Waals surface area contributed by atoms with Crippen LogP contribution in [0.1, 0.15) is 39.3 Å². The van der Waals surface area contributed by atoms with E-state index in [0.29, 0.717) is 5.92 Å². The van der Waals surface area contributed by atoms with Gasteiger partial charge in [-0.25, -0.2) is 0 Å². The molecule has 0 aromatic carbocycles. The number of rotatable bonds is 8. The summed E-state index contributed by atoms with van der Waals surface area (Å²) in [6.07, 6.45) is 5.60. The number of nitrogens with zero attached hydrogens (tertiary/aromatic N) is 2. The lowest BCUT2D eigenvalue weighted by atomic mass is 9.93. The van der Waals surface area contributed by atoms with E-state index >= 15 is 0 Å². The lowest BCUT2D eigenvalue weighted by Gasteiger charge is -2.18. The molecule has 1 aromatic heterocycles. The molecule has 3 heteroatoms. The summed E-state index contributed by atoms with van der Waals surface area (Å²) in [5, 5.41) is 8.01. The zero-order chi connectivity index (χ0) is 12.7. The van der Waals surface area contributed by atoms with Crippen molar-refractivity contribution < 1.29 is 0 Å². The average molecular weight is 237 g/mol. The van der Waals surface area contributed by atoms with E-state index in [0.717, 1.165) is 25.4 Å². The minimum absolute atomic E-state index is 0.705. The Morgan fingerprint density at radius 1 is 1.41 bits per heavy atom. The zero-order valence-corrected chi connectivity index (χ0v) is 11.7. The Kier molecular flexibility index (Phi) is 6.27. The minimum Gasteiger partial charge on any atom is -0.316 e. The highest BCUT2D eigenvalue weighted by Gasteiger charge is 2.12. The fourth-order valence-corrected chi connectivity index (χ4v) is 2.26. The third kappa shape index (κ3) is 5.87. The van der Waals surface area contributed by atoms with Gasteiger partial charge in [0.15, 0.2) is 0 Å². The molecule has 0 radical (unpaired) electrons. The smallest absolute Gasteiger partial charge is 0.0627 e. The van der Waals surface area contributed by atoms with Gasteiger partial charge in [-0.2, -0.15) is 5.10 Å². The van der Waals surface area contributed by atoms with Crippen molar-refractivity contribution in [3.63, 3.8) is 0 Å². The van der Waals surface area contributed by atoms with E-state index in [1.54, 1.807) is 0 Å². The summed E-state index contributed by atoms with van der Waals surface area (Å²) >= 11 is 0. The summed E-state index contributed by atoms with van der Waals surface area (Å²) in [4.78, 5) is 0. The van der Waals surface area contributed by atoms with Gasteiger partial charge in [-0.15, -0.1) is 0 Å². The minimum atomic E-state index is 0.705. The van der Waals surface area contributed by atoms with Crippen molar-refractivity contribution in [2.24, 2.45) is 18.9 Å². The van der Waals surface area contributed by atoms with Gasteiger partial charge in [0, 0.05) is 13.2 Å². The summed E-state index contributed by atoms with van der Waals surface area (Å²) in [5.41, 5.74) is 1.22. The van der Waals surface area contributed by atoms with Crippen molar-refractivity contribution in [3.05, 3.63) is 18.0 Å². The molecule has 1 atom stereocenters. The Hall–Kier alpha value is -0.830. The van der Waals surface area contributed by atoms with Gasteiger partial charge in [-0.05, 0) is 50.3 Å². The molecule has 1 aromatic rings. The third-order valence-electron chi connectivity index (χ3n) is 2.93. The summed E-state index contributed by atoms with van der Waals surface area (Å²) in [6.45, 7) is 9.04. The van der Waals surface area contributed by atoms with Gasteiger partial charge in [0.05, 0.1) is 5.69 Å². The Bertz CT molecular complexity index is 304. The van der Waals surface area contributed by atoms with Gasteiger partial charge >= 0.3 is 0 Å². The lowest BCUT2D eigenvalue weighted by molar-refractivity contribution is 0.382. The fraction of sp³-hybridized carbons (Fsp3) is 0.786. The molecule has 1 unspecified atom stereocenters. The van der Waals surface area contributed by atoms with E-state index in [9.17, 15) is 0 Å². The van der Waals surface area contributed by atoms with E-state index in [4.69, 9.17) is 0 Å². The molecule has 0 amide bonds. The second-order valence-corrected chi connectivity index (χ2v) is 5.38. The highest BCUT2D eigenvalue weighted by Crippen LogP contribution is 2.15. The molecule has 0 bridgehead atoms. The predicted molar refractivity (Wildman–Crippen MR) is 73.0 cm³/mol. The molecule has 0 fully saturated rings. The van der Waals surface area contributed by atoms with E-state index in [1.807, 2.05) is 17.9 Å². The average Bonchev–Trinajstić information content (AvgIpc) is 2.63. The molecule has 3 nitrogen and oxygen atoms in total. The largest absolute Gasteiger partial charge is 0.316 e. The van der Waals surface area contributed by atoms with Crippen LogP contribution in [0.5, 0.6) is 0 Å². The van der Waals surface area contributed by atoms with Crippen molar-refractivity contribution in [2.75, 3.05) is 13.1 Å². The second-order valence-electron chi connectivity index (χ2n) is 5.38. The fourth-order valence-electron chi connectivity index (χ4n) is 2.26. The van der Waals surface area contributed by atoms with Crippen LogP contribution in [-0.2, 0) is 13.5 Å². The summed E-state index contributed by atoms with van der Waals surface area (Å²) in [5.74, 6) is 1.46. The van der Waals surface area contributed by atoms with Crippen LogP contribution in [0, 0.1) is 11.8 Å². The maximum atomic E-state index is 4.47. The van der Waals surface area contributed by atoms with Crippen molar-refractivity contribution >= 4 is 0 Å². The summed E-state index contributed by atoms with van der Waals surface area (Å²) in [6, 6.07) is 2.13. The van der Waals surface area contributed by atoms with Crippen LogP contribution in [0.15, 0.2) is 12.3 Å². The number of aryl methyl sites for hydroxylation is 1. The topological polar surface area (TPSA) is 29.9 Å². The Balaban J connectivity index is 2.44. The highest BCUT2D eigenvalue weighted by atomic mass is 15.2. The van der Waals surface area contributed by atoms with Crippen LogP contribution < -0.4 is 5.32 Å². The quantitative estimate of drug-likeness (QED) is 0.704. The lowest BCUT2D eigenvalue weighted by Crippen LogP contribution is -2.26. The molecule has 0 aliphatic carbocycles. The molecule has 1 N–H and O–H groups in total. The first-order chi connectivity index (χ1) is 8.11. The van der Waals surface area contributed by atoms with E-state index in [-0.39, 0.29) is 0 Å². The van der Waals surface area contributed by atoms with Gasteiger partial charge in [-0.3, -0.25) is 4.68 Å². The molecular weight excluding hydrogens is 210 g/mol. The molecule has 98 valence electrons. The summed E-state index contributed by atoms with van der Waals surface area (Å²) < 4.78 is 1.89. The van der Waals surface area contributed by atoms with Gasteiger partial charge in [0.1, 0.15) is 0 Å². The molecule has 0 aliphatic rings. The third-order valence-corrected chi connectivity index (χ3v) is 2.93. The molecule has 0 spiro atoms. The van der Waals surface area contributed by atoms with Crippen LogP contribution in [0.4, 0.5) is 0 Å². The normalized spacial score (nSPS) is 13.2. The van der Waals surface area contributed by atoms with Crippen LogP contribution in [0.25, 0.3) is 0 Å². The molecule has 0 aliphatic heterocycles. The highest BCUT2D eigenvalue weighted by molar-refractivity contribution is 5.00. The Morgan fingerprint density at radius 3 is 2.71 bits per heavy atom. The molecule has 17 heavy (non-hydrogen) atoms. The van der Waals surface area contributed by atoms with Gasteiger partial charge in [0.2, 0.25) is 0 Å². The Labute approximate surface area is 106 Å². The van der Waals surface area contributed by atoms with Crippen LogP contribution >= 0.6 is 0 Å². The molecule has 1 rings (SSSR count). The standard InChI is InChI=1S/C14H27N3/c1-5-7-15-11-13(9-12(2)3)10-14-6-8-17(4)16-14/h6,8,12-13,15H,5,7,9-11H2,1-4H3. The maximum Gasteiger partial charge on any atom is 0.0627 e. The number of hydrogen-bond donors (Lipinski definition) is 1. The first-order valence-electron chi connectivity index (χ1n) is 6.81. The van der Waals surface area contributed by atoms with Crippen molar-refractivity contribution in [2.45, 2.75) is 40.0 Å². The second kappa shape index (κ2) is 7.49. The molecule has 0 saturated carbocycles. The SMILES string of the molecule is CCCNCC(Cc1ccn(C)n1)CC(C)C.